The molecule has 0 aromatic carbocycles. The van der Waals surface area contributed by atoms with Crippen LogP contribution in [-0.4, -0.2) is 32.2 Å². The van der Waals surface area contributed by atoms with Crippen LogP contribution < -0.4 is 14.8 Å². The van der Waals surface area contributed by atoms with Gasteiger partial charge >= 0.3 is 0 Å². The van der Waals surface area contributed by atoms with E-state index in [2.05, 4.69) is 20.3 Å². The van der Waals surface area contributed by atoms with E-state index in [0.29, 0.717) is 29.0 Å². The van der Waals surface area contributed by atoms with Crippen LogP contribution in [0.5, 0.6) is 11.6 Å². The molecule has 0 bridgehead atoms. The number of rotatable bonds is 6. The highest BCUT2D eigenvalue weighted by Gasteiger charge is 2.15. The highest BCUT2D eigenvalue weighted by molar-refractivity contribution is 7.14. The van der Waals surface area contributed by atoms with Crippen LogP contribution in [0.1, 0.15) is 27.4 Å². The molecule has 4 aromatic rings. The monoisotopic (exact) mass is 431 g/mol. The van der Waals surface area contributed by atoms with Crippen molar-refractivity contribution in [1.29, 1.82) is 0 Å². The number of anilines is 1. The molecule has 1 amide bonds. The van der Waals surface area contributed by atoms with Crippen LogP contribution in [0.3, 0.4) is 0 Å². The first-order chi connectivity index (χ1) is 15.2. The predicted octanol–water partition coefficient (Wildman–Crippen LogP) is 3.93. The molecule has 1 N–H and O–H groups in total. The number of nitrogens with one attached hydrogen (secondary N) is 1. The van der Waals surface area contributed by atoms with Gasteiger partial charge in [0.05, 0.1) is 11.4 Å². The zero-order valence-electron chi connectivity index (χ0n) is 16.3. The Kier molecular flexibility index (Phi) is 5.16. The minimum atomic E-state index is -0.207. The second kappa shape index (κ2) is 8.41. The molecule has 5 heterocycles. The van der Waals surface area contributed by atoms with Gasteiger partial charge in [-0.15, -0.1) is 11.3 Å². The molecule has 0 saturated heterocycles. The van der Waals surface area contributed by atoms with Gasteiger partial charge in [-0.3, -0.25) is 15.1 Å². The third-order valence-electron chi connectivity index (χ3n) is 4.59. The van der Waals surface area contributed by atoms with Gasteiger partial charge in [-0.05, 0) is 54.1 Å². The van der Waals surface area contributed by atoms with E-state index in [1.807, 2.05) is 58.6 Å². The van der Waals surface area contributed by atoms with E-state index in [-0.39, 0.29) is 12.7 Å². The minimum absolute atomic E-state index is 0.191. The Bertz CT molecular complexity index is 1250. The lowest BCUT2D eigenvalue weighted by Gasteiger charge is -2.08. The van der Waals surface area contributed by atoms with Gasteiger partial charge in [0.1, 0.15) is 5.69 Å². The fraction of sp³-hybridized carbons (Fsp3) is 0.0909. The largest absolute Gasteiger partial charge is 0.452 e. The van der Waals surface area contributed by atoms with Crippen LogP contribution in [0.25, 0.3) is 12.2 Å². The molecular formula is C22H17N5O3S. The quantitative estimate of drug-likeness (QED) is 0.497. The topological polar surface area (TPSA) is 91.2 Å². The van der Waals surface area contributed by atoms with Gasteiger partial charge in [-0.2, -0.15) is 0 Å². The van der Waals surface area contributed by atoms with Crippen molar-refractivity contribution in [1.82, 2.24) is 19.5 Å². The number of carbonyl (C=O) groups excluding carboxylic acids is 1. The Labute approximate surface area is 181 Å². The maximum absolute atomic E-state index is 12.8. The maximum atomic E-state index is 12.8. The third kappa shape index (κ3) is 4.31. The van der Waals surface area contributed by atoms with Gasteiger partial charge in [0.25, 0.3) is 11.8 Å². The SMILES string of the molecule is O=C(Nc1nc(/C=C/c2ccc3c(n2)OCO3)cs1)c1cccn1Cc1ccncc1. The van der Waals surface area contributed by atoms with Crippen molar-refractivity contribution >= 4 is 34.5 Å². The van der Waals surface area contributed by atoms with Crippen molar-refractivity contribution < 1.29 is 14.3 Å². The normalized spacial score (nSPS) is 12.4. The summed E-state index contributed by atoms with van der Waals surface area (Å²) in [5.74, 6) is 0.925. The number of nitrogens with zero attached hydrogens (tertiary/aromatic N) is 4. The second-order valence-electron chi connectivity index (χ2n) is 6.69. The fourth-order valence-electron chi connectivity index (χ4n) is 3.09. The lowest BCUT2D eigenvalue weighted by Crippen LogP contribution is -2.17. The van der Waals surface area contributed by atoms with Crippen LogP contribution in [0.2, 0.25) is 0 Å². The number of pyridine rings is 2. The standard InChI is InChI=1S/C22H17N5O3S/c28-20(18-2-1-11-27(18)12-15-7-9-23-10-8-15)26-22-25-17(13-31-22)4-3-16-5-6-19-21(24-16)30-14-29-19/h1-11,13H,12,14H2,(H,25,26,28)/b4-3+. The summed E-state index contributed by atoms with van der Waals surface area (Å²) in [4.78, 5) is 25.6. The molecule has 0 atom stereocenters. The zero-order valence-corrected chi connectivity index (χ0v) is 17.1. The second-order valence-corrected chi connectivity index (χ2v) is 7.55. The highest BCUT2D eigenvalue weighted by Crippen LogP contribution is 2.29. The Morgan fingerprint density at radius 3 is 2.87 bits per heavy atom. The van der Waals surface area contributed by atoms with Gasteiger partial charge in [-0.25, -0.2) is 9.97 Å². The molecule has 1 aliphatic heterocycles. The number of hydrogen-bond donors (Lipinski definition) is 1. The van der Waals surface area contributed by atoms with Crippen LogP contribution >= 0.6 is 11.3 Å². The number of carbonyl (C=O) groups is 1. The molecular weight excluding hydrogens is 414 g/mol. The van der Waals surface area contributed by atoms with Gasteiger partial charge < -0.3 is 14.0 Å². The van der Waals surface area contributed by atoms with Crippen LogP contribution in [-0.2, 0) is 6.54 Å². The van der Waals surface area contributed by atoms with Crippen molar-refractivity contribution in [3.8, 4) is 11.6 Å². The molecule has 5 rings (SSSR count). The molecule has 0 spiro atoms. The van der Waals surface area contributed by atoms with Crippen molar-refractivity contribution in [2.24, 2.45) is 0 Å². The zero-order chi connectivity index (χ0) is 21.0. The van der Waals surface area contributed by atoms with Gasteiger partial charge in [0, 0.05) is 30.5 Å². The number of amides is 1. The molecule has 31 heavy (non-hydrogen) atoms. The number of hydrogen-bond acceptors (Lipinski definition) is 7. The molecule has 0 fully saturated rings. The van der Waals surface area contributed by atoms with Gasteiger partial charge in [0.15, 0.2) is 10.9 Å². The third-order valence-corrected chi connectivity index (χ3v) is 5.36. The first-order valence-corrected chi connectivity index (χ1v) is 10.4. The van der Waals surface area contributed by atoms with Crippen molar-refractivity contribution in [3.05, 3.63) is 83.0 Å². The number of thiazole rings is 1. The summed E-state index contributed by atoms with van der Waals surface area (Å²) in [6, 6.07) is 11.2. The average Bonchev–Trinajstić information content (AvgIpc) is 3.53. The molecule has 9 heteroatoms. The van der Waals surface area contributed by atoms with Crippen molar-refractivity contribution in [3.63, 3.8) is 0 Å². The lowest BCUT2D eigenvalue weighted by atomic mass is 10.2. The van der Waals surface area contributed by atoms with E-state index in [1.54, 1.807) is 18.5 Å². The summed E-state index contributed by atoms with van der Waals surface area (Å²) < 4.78 is 12.4. The van der Waals surface area contributed by atoms with Crippen LogP contribution in [0.15, 0.2) is 60.4 Å². The minimum Gasteiger partial charge on any atom is -0.452 e. The molecule has 8 nitrogen and oxygen atoms in total. The Morgan fingerprint density at radius 1 is 1.10 bits per heavy atom. The molecule has 1 aliphatic rings. The van der Waals surface area contributed by atoms with Gasteiger partial charge in [-0.1, -0.05) is 0 Å². The van der Waals surface area contributed by atoms with E-state index in [0.717, 1.165) is 17.0 Å². The Hall–Kier alpha value is -3.98. The van der Waals surface area contributed by atoms with Crippen molar-refractivity contribution in [2.75, 3.05) is 12.1 Å². The summed E-state index contributed by atoms with van der Waals surface area (Å²) in [5.41, 5.74) is 3.09. The Morgan fingerprint density at radius 2 is 1.97 bits per heavy atom. The number of aromatic nitrogens is 4. The molecule has 0 saturated carbocycles. The van der Waals surface area contributed by atoms with Crippen molar-refractivity contribution in [2.45, 2.75) is 6.54 Å². The number of ether oxygens (including phenoxy) is 2. The average molecular weight is 431 g/mol. The first kappa shape index (κ1) is 19.0. The van der Waals surface area contributed by atoms with E-state index in [9.17, 15) is 4.79 Å². The summed E-state index contributed by atoms with van der Waals surface area (Å²) in [6.45, 7) is 0.781. The smallest absolute Gasteiger partial charge is 0.274 e. The van der Waals surface area contributed by atoms with Crippen LogP contribution in [0.4, 0.5) is 5.13 Å². The van der Waals surface area contributed by atoms with E-state index in [4.69, 9.17) is 9.47 Å². The molecule has 154 valence electrons. The molecule has 4 aromatic heterocycles. The van der Waals surface area contributed by atoms with Gasteiger partial charge in [0.2, 0.25) is 6.79 Å². The maximum Gasteiger partial charge on any atom is 0.274 e. The van der Waals surface area contributed by atoms with Crippen LogP contribution in [0, 0.1) is 0 Å². The Balaban J connectivity index is 1.25. The number of fused-ring (bicyclic) bond motifs is 1. The van der Waals surface area contributed by atoms with E-state index >= 15 is 0 Å². The lowest BCUT2D eigenvalue weighted by molar-refractivity contribution is 0.101. The summed E-state index contributed by atoms with van der Waals surface area (Å²) in [5, 5.41) is 5.27. The summed E-state index contributed by atoms with van der Waals surface area (Å²) in [6.07, 6.45) is 9.03. The van der Waals surface area contributed by atoms with E-state index in [1.165, 1.54) is 11.3 Å². The molecule has 0 unspecified atom stereocenters. The molecule has 0 radical (unpaired) electrons. The fourth-order valence-corrected chi connectivity index (χ4v) is 3.77. The van der Waals surface area contributed by atoms with E-state index < -0.39 is 0 Å². The predicted molar refractivity (Wildman–Crippen MR) is 117 cm³/mol. The summed E-state index contributed by atoms with van der Waals surface area (Å²) in [7, 11) is 0. The molecule has 0 aliphatic carbocycles. The summed E-state index contributed by atoms with van der Waals surface area (Å²) >= 11 is 1.36. The first-order valence-electron chi connectivity index (χ1n) is 9.50. The highest BCUT2D eigenvalue weighted by atomic mass is 32.1.